The number of halogens is 4. The number of nitrogens with zero attached hydrogens (tertiary/aromatic N) is 1. The number of pyridine rings is 1. The maximum atomic E-state index is 13.2. The highest BCUT2D eigenvalue weighted by Crippen LogP contribution is 2.33. The van der Waals surface area contributed by atoms with E-state index in [9.17, 15) is 27.9 Å². The van der Waals surface area contributed by atoms with Gasteiger partial charge in [0.05, 0.1) is 5.56 Å². The van der Waals surface area contributed by atoms with Crippen molar-refractivity contribution in [1.82, 2.24) is 10.3 Å². The van der Waals surface area contributed by atoms with Crippen LogP contribution in [-0.2, 0) is 11.4 Å². The molecule has 1 heterocycles. The Morgan fingerprint density at radius 1 is 1.14 bits per heavy atom. The van der Waals surface area contributed by atoms with Gasteiger partial charge in [-0.3, -0.25) is 4.79 Å². The van der Waals surface area contributed by atoms with E-state index in [0.29, 0.717) is 22.8 Å². The number of aromatic nitrogens is 1. The molecule has 3 rings (SSSR count). The number of fused-ring (bicyclic) bond motifs is 1. The third-order valence-electron chi connectivity index (χ3n) is 5.82. The van der Waals surface area contributed by atoms with E-state index < -0.39 is 29.7 Å². The zero-order valence-corrected chi connectivity index (χ0v) is 20.4. The number of amides is 1. The number of rotatable bonds is 9. The van der Waals surface area contributed by atoms with Gasteiger partial charge in [-0.05, 0) is 41.7 Å². The number of hydrogen-bond acceptors (Lipinski definition) is 5. The highest BCUT2D eigenvalue weighted by molar-refractivity contribution is 6.30. The van der Waals surface area contributed by atoms with Crippen LogP contribution in [0.4, 0.5) is 13.2 Å². The van der Waals surface area contributed by atoms with Crippen molar-refractivity contribution in [1.29, 1.82) is 0 Å². The normalized spacial score (nSPS) is 12.8. The molecule has 0 aliphatic heterocycles. The lowest BCUT2D eigenvalue weighted by Gasteiger charge is -2.31. The second kappa shape index (κ2) is 10.6. The van der Waals surface area contributed by atoms with Gasteiger partial charge in [0.15, 0.2) is 0 Å². The molecule has 0 fully saturated rings. The van der Waals surface area contributed by atoms with Crippen molar-refractivity contribution in [2.45, 2.75) is 46.2 Å². The van der Waals surface area contributed by atoms with Crippen LogP contribution in [0.2, 0.25) is 5.15 Å². The molecule has 0 aliphatic carbocycles. The molecule has 0 radical (unpaired) electrons. The Kier molecular flexibility index (Phi) is 7.98. The van der Waals surface area contributed by atoms with E-state index in [0.717, 1.165) is 12.1 Å². The van der Waals surface area contributed by atoms with E-state index >= 15 is 0 Å². The molecule has 0 unspecified atom stereocenters. The van der Waals surface area contributed by atoms with Crippen molar-refractivity contribution < 1.29 is 37.3 Å². The minimum Gasteiger partial charge on any atom is -0.487 e. The molecule has 1 aromatic heterocycles. The summed E-state index contributed by atoms with van der Waals surface area (Å²) in [7, 11) is 0. The molecule has 192 valence electrons. The molecule has 2 N–H and O–H groups in total. The standard InChI is InChI=1S/C25H24ClF3N2O5/c1-4-24(2,3)21(23(33)34)31-22(32)17-10-7-15-12-30-19(26)11-18(15)20(17)35-13-14-5-8-16(9-6-14)36-25(27,28)29/h5-12,21H,4,13H2,1-3H3,(H,31,32)(H,33,34)/t21-/m1/s1. The van der Waals surface area contributed by atoms with Crippen LogP contribution in [0.1, 0.15) is 43.1 Å². The lowest BCUT2D eigenvalue weighted by atomic mass is 9.81. The van der Waals surface area contributed by atoms with Crippen LogP contribution in [0, 0.1) is 5.41 Å². The molecular formula is C25H24ClF3N2O5. The summed E-state index contributed by atoms with van der Waals surface area (Å²) in [6, 6.07) is 8.54. The predicted octanol–water partition coefficient (Wildman–Crippen LogP) is 5.99. The van der Waals surface area contributed by atoms with Crippen molar-refractivity contribution in [3.8, 4) is 11.5 Å². The Morgan fingerprint density at radius 2 is 1.81 bits per heavy atom. The quantitative estimate of drug-likeness (QED) is 0.334. The Morgan fingerprint density at radius 3 is 2.39 bits per heavy atom. The van der Waals surface area contributed by atoms with E-state index in [2.05, 4.69) is 15.0 Å². The Balaban J connectivity index is 1.94. The van der Waals surface area contributed by atoms with Gasteiger partial charge in [0.25, 0.3) is 5.91 Å². The van der Waals surface area contributed by atoms with Crippen molar-refractivity contribution in [2.24, 2.45) is 5.41 Å². The number of alkyl halides is 3. The third kappa shape index (κ3) is 6.57. The van der Waals surface area contributed by atoms with Crippen LogP contribution >= 0.6 is 11.6 Å². The molecule has 0 saturated carbocycles. The van der Waals surface area contributed by atoms with E-state index in [1.165, 1.54) is 30.5 Å². The van der Waals surface area contributed by atoms with Crippen LogP contribution in [0.5, 0.6) is 11.5 Å². The summed E-state index contributed by atoms with van der Waals surface area (Å²) in [5.41, 5.74) is -0.157. The molecular weight excluding hydrogens is 501 g/mol. The second-order valence-corrected chi connectivity index (χ2v) is 9.12. The molecule has 1 amide bonds. The first kappa shape index (κ1) is 27.1. The first-order valence-corrected chi connectivity index (χ1v) is 11.3. The van der Waals surface area contributed by atoms with Gasteiger partial charge in [0.1, 0.15) is 29.3 Å². The monoisotopic (exact) mass is 524 g/mol. The number of carbonyl (C=O) groups excluding carboxylic acids is 1. The van der Waals surface area contributed by atoms with Crippen LogP contribution in [0.25, 0.3) is 10.8 Å². The van der Waals surface area contributed by atoms with E-state index in [1.807, 2.05) is 6.92 Å². The van der Waals surface area contributed by atoms with Crippen LogP contribution in [0.3, 0.4) is 0 Å². The number of aliphatic carboxylic acids is 1. The molecule has 0 bridgehead atoms. The molecule has 36 heavy (non-hydrogen) atoms. The van der Waals surface area contributed by atoms with E-state index in [-0.39, 0.29) is 28.8 Å². The molecule has 11 heteroatoms. The van der Waals surface area contributed by atoms with Crippen molar-refractivity contribution in [2.75, 3.05) is 0 Å². The second-order valence-electron chi connectivity index (χ2n) is 8.74. The molecule has 0 aliphatic rings. The predicted molar refractivity (Wildman–Crippen MR) is 127 cm³/mol. The van der Waals surface area contributed by atoms with Gasteiger partial charge < -0.3 is 19.9 Å². The smallest absolute Gasteiger partial charge is 0.487 e. The van der Waals surface area contributed by atoms with Crippen LogP contribution in [0.15, 0.2) is 48.7 Å². The van der Waals surface area contributed by atoms with Crippen LogP contribution in [-0.4, -0.2) is 34.4 Å². The number of benzene rings is 2. The summed E-state index contributed by atoms with van der Waals surface area (Å²) in [6.07, 6.45) is -2.81. The molecule has 1 atom stereocenters. The average Bonchev–Trinajstić information content (AvgIpc) is 2.80. The summed E-state index contributed by atoms with van der Waals surface area (Å²) < 4.78 is 47.1. The fraction of sp³-hybridized carbons (Fsp3) is 0.320. The van der Waals surface area contributed by atoms with Crippen LogP contribution < -0.4 is 14.8 Å². The van der Waals surface area contributed by atoms with Crippen molar-refractivity contribution >= 4 is 34.2 Å². The zero-order valence-electron chi connectivity index (χ0n) is 19.6. The number of hydrogen-bond donors (Lipinski definition) is 2. The fourth-order valence-electron chi connectivity index (χ4n) is 3.45. The maximum Gasteiger partial charge on any atom is 0.573 e. The zero-order chi connectivity index (χ0) is 26.7. The number of carboxylic acids is 1. The fourth-order valence-corrected chi connectivity index (χ4v) is 3.60. The molecule has 0 spiro atoms. The summed E-state index contributed by atoms with van der Waals surface area (Å²) in [5, 5.41) is 13.5. The van der Waals surface area contributed by atoms with E-state index in [4.69, 9.17) is 16.3 Å². The Hall–Kier alpha value is -3.53. The number of nitrogens with one attached hydrogen (secondary N) is 1. The third-order valence-corrected chi connectivity index (χ3v) is 6.03. The molecule has 3 aromatic rings. The first-order valence-electron chi connectivity index (χ1n) is 10.9. The molecule has 2 aromatic carbocycles. The summed E-state index contributed by atoms with van der Waals surface area (Å²) in [4.78, 5) is 29.1. The topological polar surface area (TPSA) is 97.8 Å². The highest BCUT2D eigenvalue weighted by atomic mass is 35.5. The van der Waals surface area contributed by atoms with Crippen molar-refractivity contribution in [3.63, 3.8) is 0 Å². The SMILES string of the molecule is CCC(C)(C)[C@H](NC(=O)c1ccc2cnc(Cl)cc2c1OCc1ccc(OC(F)(F)F)cc1)C(=O)O. The summed E-state index contributed by atoms with van der Waals surface area (Å²) >= 11 is 6.06. The summed E-state index contributed by atoms with van der Waals surface area (Å²) in [5.74, 6) is -2.09. The lowest BCUT2D eigenvalue weighted by molar-refractivity contribution is -0.274. The number of ether oxygens (including phenoxy) is 2. The van der Waals surface area contributed by atoms with Gasteiger partial charge in [-0.15, -0.1) is 13.2 Å². The Bertz CT molecular complexity index is 1260. The maximum absolute atomic E-state index is 13.2. The van der Waals surface area contributed by atoms with Gasteiger partial charge in [-0.2, -0.15) is 0 Å². The molecule has 0 saturated heterocycles. The van der Waals surface area contributed by atoms with Gasteiger partial charge in [0.2, 0.25) is 0 Å². The van der Waals surface area contributed by atoms with Gasteiger partial charge in [-0.25, -0.2) is 9.78 Å². The largest absolute Gasteiger partial charge is 0.573 e. The van der Waals surface area contributed by atoms with Gasteiger partial charge in [-0.1, -0.05) is 50.6 Å². The number of carbonyl (C=O) groups is 2. The first-order chi connectivity index (χ1) is 16.8. The lowest BCUT2D eigenvalue weighted by Crippen LogP contribution is -2.50. The van der Waals surface area contributed by atoms with Gasteiger partial charge >= 0.3 is 12.3 Å². The number of carboxylic acid groups (broad SMARTS) is 1. The van der Waals surface area contributed by atoms with E-state index in [1.54, 1.807) is 19.9 Å². The minimum absolute atomic E-state index is 0.0694. The van der Waals surface area contributed by atoms with Crippen molar-refractivity contribution in [3.05, 3.63) is 64.9 Å². The molecule has 7 nitrogen and oxygen atoms in total. The minimum atomic E-state index is -4.81. The summed E-state index contributed by atoms with van der Waals surface area (Å²) in [6.45, 7) is 5.20. The van der Waals surface area contributed by atoms with Gasteiger partial charge in [0, 0.05) is 17.0 Å². The highest BCUT2D eigenvalue weighted by Gasteiger charge is 2.36. The average molecular weight is 525 g/mol. The Labute approximate surface area is 210 Å².